The fourth-order valence-corrected chi connectivity index (χ4v) is 3.27. The minimum Gasteiger partial charge on any atom is -0.399 e. The molecule has 0 heterocycles. The summed E-state index contributed by atoms with van der Waals surface area (Å²) in [5, 5.41) is 4.00. The van der Waals surface area contributed by atoms with Crippen molar-refractivity contribution >= 4 is 27.3 Å². The van der Waals surface area contributed by atoms with Crippen molar-refractivity contribution in [3.05, 3.63) is 59.7 Å². The van der Waals surface area contributed by atoms with E-state index in [1.54, 1.807) is 43.3 Å². The van der Waals surface area contributed by atoms with Crippen LogP contribution in [0.25, 0.3) is 0 Å². The van der Waals surface area contributed by atoms with Crippen molar-refractivity contribution in [2.45, 2.75) is 18.7 Å². The summed E-state index contributed by atoms with van der Waals surface area (Å²) in [4.78, 5) is 12.2. The van der Waals surface area contributed by atoms with Crippen LogP contribution in [0.4, 0.5) is 5.69 Å². The van der Waals surface area contributed by atoms with Crippen molar-refractivity contribution in [2.24, 2.45) is 5.10 Å². The van der Waals surface area contributed by atoms with Gasteiger partial charge < -0.3 is 5.73 Å². The van der Waals surface area contributed by atoms with E-state index in [9.17, 15) is 13.2 Å². The van der Waals surface area contributed by atoms with Crippen LogP contribution in [-0.2, 0) is 14.8 Å². The number of hydrazone groups is 1. The molecule has 0 radical (unpaired) electrons. The molecule has 8 heteroatoms. The van der Waals surface area contributed by atoms with E-state index in [1.807, 2.05) is 6.92 Å². The molecule has 0 unspecified atom stereocenters. The topological polar surface area (TPSA) is 105 Å². The van der Waals surface area contributed by atoms with Gasteiger partial charge in [-0.05, 0) is 43.7 Å². The van der Waals surface area contributed by atoms with Crippen LogP contribution in [0, 0.1) is 6.92 Å². The summed E-state index contributed by atoms with van der Waals surface area (Å²) < 4.78 is 25.9. The molecule has 0 spiro atoms. The standard InChI is InChI=1S/C18H22N4O3S/c1-13-4-10-17(11-5-13)26(24,25)22(3)12-18(23)21-20-14(2)15-6-8-16(19)9-7-15/h4-11H,12,19H2,1-3H3,(H,21,23)/b20-14-. The number of hydrogen-bond donors (Lipinski definition) is 2. The van der Waals surface area contributed by atoms with E-state index in [2.05, 4.69) is 10.5 Å². The van der Waals surface area contributed by atoms with Crippen molar-refractivity contribution in [1.82, 2.24) is 9.73 Å². The molecule has 0 fully saturated rings. The predicted molar refractivity (Wildman–Crippen MR) is 102 cm³/mol. The van der Waals surface area contributed by atoms with Gasteiger partial charge in [0.2, 0.25) is 10.0 Å². The predicted octanol–water partition coefficient (Wildman–Crippen LogP) is 1.74. The summed E-state index contributed by atoms with van der Waals surface area (Å²) in [6.07, 6.45) is 0. The van der Waals surface area contributed by atoms with Gasteiger partial charge in [0.25, 0.3) is 5.91 Å². The van der Waals surface area contributed by atoms with Gasteiger partial charge in [0, 0.05) is 12.7 Å². The molecule has 26 heavy (non-hydrogen) atoms. The number of benzene rings is 2. The second kappa shape index (κ2) is 8.11. The van der Waals surface area contributed by atoms with Crippen LogP contribution >= 0.6 is 0 Å². The fourth-order valence-electron chi connectivity index (χ4n) is 2.15. The summed E-state index contributed by atoms with van der Waals surface area (Å²) in [5.74, 6) is -0.530. The molecule has 0 saturated carbocycles. The SMILES string of the molecule is C/C(=N/NC(=O)CN(C)S(=O)(=O)c1ccc(C)cc1)c1ccc(N)cc1. The number of likely N-dealkylation sites (N-methyl/N-ethyl adjacent to an activating group) is 1. The van der Waals surface area contributed by atoms with Crippen LogP contribution in [0.15, 0.2) is 58.5 Å². The Morgan fingerprint density at radius 1 is 1.12 bits per heavy atom. The average molecular weight is 374 g/mol. The number of amides is 1. The first-order valence-corrected chi connectivity index (χ1v) is 9.36. The molecule has 0 aromatic heterocycles. The number of nitrogens with two attached hydrogens (primary N) is 1. The van der Waals surface area contributed by atoms with Crippen LogP contribution in [0.1, 0.15) is 18.1 Å². The molecule has 0 atom stereocenters. The lowest BCUT2D eigenvalue weighted by Crippen LogP contribution is -2.36. The second-order valence-electron chi connectivity index (χ2n) is 5.93. The Labute approximate surface area is 153 Å². The maximum Gasteiger partial charge on any atom is 0.255 e. The zero-order chi connectivity index (χ0) is 19.3. The highest BCUT2D eigenvalue weighted by atomic mass is 32.2. The molecular weight excluding hydrogens is 352 g/mol. The van der Waals surface area contributed by atoms with Crippen LogP contribution in [0.3, 0.4) is 0 Å². The van der Waals surface area contributed by atoms with E-state index in [-0.39, 0.29) is 11.4 Å². The summed E-state index contributed by atoms with van der Waals surface area (Å²) in [7, 11) is -2.38. The molecule has 2 rings (SSSR count). The summed E-state index contributed by atoms with van der Waals surface area (Å²) in [6, 6.07) is 13.5. The minimum absolute atomic E-state index is 0.139. The highest BCUT2D eigenvalue weighted by molar-refractivity contribution is 7.89. The fraction of sp³-hybridized carbons (Fsp3) is 0.222. The number of nitrogen functional groups attached to an aromatic ring is 1. The number of nitrogens with one attached hydrogen (secondary N) is 1. The third kappa shape index (κ3) is 4.90. The van der Waals surface area contributed by atoms with Crippen LogP contribution in [0.5, 0.6) is 0 Å². The Morgan fingerprint density at radius 3 is 2.27 bits per heavy atom. The molecule has 0 bridgehead atoms. The largest absolute Gasteiger partial charge is 0.399 e. The molecular formula is C18H22N4O3S. The van der Waals surface area contributed by atoms with E-state index in [0.717, 1.165) is 15.4 Å². The van der Waals surface area contributed by atoms with Gasteiger partial charge in [-0.15, -0.1) is 0 Å². The van der Waals surface area contributed by atoms with Gasteiger partial charge in [0.15, 0.2) is 0 Å². The molecule has 7 nitrogen and oxygen atoms in total. The zero-order valence-corrected chi connectivity index (χ0v) is 15.7. The molecule has 0 aliphatic carbocycles. The van der Waals surface area contributed by atoms with Crippen LogP contribution in [0.2, 0.25) is 0 Å². The second-order valence-corrected chi connectivity index (χ2v) is 7.97. The molecule has 2 aromatic rings. The van der Waals surface area contributed by atoms with Crippen molar-refractivity contribution in [1.29, 1.82) is 0 Å². The Bertz CT molecular complexity index is 904. The molecule has 0 aliphatic heterocycles. The van der Waals surface area contributed by atoms with Gasteiger partial charge in [-0.3, -0.25) is 4.79 Å². The van der Waals surface area contributed by atoms with Gasteiger partial charge in [0.1, 0.15) is 0 Å². The Balaban J connectivity index is 2.01. The number of anilines is 1. The molecule has 138 valence electrons. The number of nitrogens with zero attached hydrogens (tertiary/aromatic N) is 2. The lowest BCUT2D eigenvalue weighted by molar-refractivity contribution is -0.121. The van der Waals surface area contributed by atoms with E-state index < -0.39 is 15.9 Å². The Morgan fingerprint density at radius 2 is 1.69 bits per heavy atom. The zero-order valence-electron chi connectivity index (χ0n) is 14.9. The van der Waals surface area contributed by atoms with Crippen LogP contribution < -0.4 is 11.2 Å². The van der Waals surface area contributed by atoms with Gasteiger partial charge in [-0.1, -0.05) is 29.8 Å². The Hall–Kier alpha value is -2.71. The normalized spacial score (nSPS) is 12.2. The first-order chi connectivity index (χ1) is 12.2. The van der Waals surface area contributed by atoms with Crippen molar-refractivity contribution in [2.75, 3.05) is 19.3 Å². The van der Waals surface area contributed by atoms with E-state index in [0.29, 0.717) is 11.4 Å². The van der Waals surface area contributed by atoms with Gasteiger partial charge >= 0.3 is 0 Å². The van der Waals surface area contributed by atoms with E-state index in [4.69, 9.17) is 5.73 Å². The molecule has 2 aromatic carbocycles. The number of carbonyl (C=O) groups is 1. The first kappa shape index (κ1) is 19.6. The molecule has 3 N–H and O–H groups in total. The van der Waals surface area contributed by atoms with Crippen molar-refractivity contribution in [3.63, 3.8) is 0 Å². The summed E-state index contributed by atoms with van der Waals surface area (Å²) in [5.41, 5.74) is 11.0. The molecule has 1 amide bonds. The lowest BCUT2D eigenvalue weighted by atomic mass is 10.1. The van der Waals surface area contributed by atoms with E-state index in [1.165, 1.54) is 19.2 Å². The highest BCUT2D eigenvalue weighted by Gasteiger charge is 2.22. The first-order valence-electron chi connectivity index (χ1n) is 7.92. The minimum atomic E-state index is -3.74. The lowest BCUT2D eigenvalue weighted by Gasteiger charge is -2.16. The Kier molecular flexibility index (Phi) is 6.12. The van der Waals surface area contributed by atoms with Crippen molar-refractivity contribution in [3.8, 4) is 0 Å². The smallest absolute Gasteiger partial charge is 0.255 e. The number of hydrogen-bond acceptors (Lipinski definition) is 5. The van der Waals surface area contributed by atoms with Gasteiger partial charge in [-0.25, -0.2) is 13.8 Å². The third-order valence-corrected chi connectivity index (χ3v) is 5.59. The molecule has 0 aliphatic rings. The molecule has 0 saturated heterocycles. The number of carbonyl (C=O) groups excluding carboxylic acids is 1. The summed E-state index contributed by atoms with van der Waals surface area (Å²) >= 11 is 0. The maximum absolute atomic E-state index is 12.5. The third-order valence-electron chi connectivity index (χ3n) is 3.77. The van der Waals surface area contributed by atoms with Crippen molar-refractivity contribution < 1.29 is 13.2 Å². The maximum atomic E-state index is 12.5. The van der Waals surface area contributed by atoms with Gasteiger partial charge in [0.05, 0.1) is 17.2 Å². The number of sulfonamides is 1. The van der Waals surface area contributed by atoms with Gasteiger partial charge in [-0.2, -0.15) is 9.41 Å². The average Bonchev–Trinajstić information content (AvgIpc) is 2.60. The van der Waals surface area contributed by atoms with Crippen LogP contribution in [-0.4, -0.2) is 37.9 Å². The summed E-state index contributed by atoms with van der Waals surface area (Å²) in [6.45, 7) is 3.27. The monoisotopic (exact) mass is 374 g/mol. The quantitative estimate of drug-likeness (QED) is 0.456. The highest BCUT2D eigenvalue weighted by Crippen LogP contribution is 2.14. The van der Waals surface area contributed by atoms with E-state index >= 15 is 0 Å². The number of aryl methyl sites for hydroxylation is 1. The number of rotatable bonds is 6.